The molecule has 4 heteroatoms. The van der Waals surface area contributed by atoms with Gasteiger partial charge in [-0.3, -0.25) is 4.98 Å². The first-order valence-electron chi connectivity index (χ1n) is 6.98. The number of pyridine rings is 1. The Morgan fingerprint density at radius 2 is 2.26 bits per heavy atom. The number of aromatic nitrogens is 1. The molecule has 0 bridgehead atoms. The third-order valence-corrected chi connectivity index (χ3v) is 3.43. The van der Waals surface area contributed by atoms with Gasteiger partial charge in [-0.2, -0.15) is 0 Å². The van der Waals surface area contributed by atoms with E-state index in [0.717, 1.165) is 24.5 Å². The van der Waals surface area contributed by atoms with Gasteiger partial charge in [-0.1, -0.05) is 6.92 Å². The van der Waals surface area contributed by atoms with Gasteiger partial charge in [-0.05, 0) is 39.3 Å². The Bertz CT molecular complexity index is 417. The van der Waals surface area contributed by atoms with Gasteiger partial charge in [0.25, 0.3) is 0 Å². The minimum absolute atomic E-state index is 0.140. The van der Waals surface area contributed by atoms with Crippen molar-refractivity contribution in [3.8, 4) is 0 Å². The summed E-state index contributed by atoms with van der Waals surface area (Å²) in [5.41, 5.74) is 1.70. The fraction of sp³-hybridized carbons (Fsp3) is 0.667. The zero-order valence-corrected chi connectivity index (χ0v) is 12.3. The number of anilines is 1. The maximum Gasteiger partial charge on any atom is 0.0957 e. The van der Waals surface area contributed by atoms with E-state index in [0.29, 0.717) is 6.42 Å². The van der Waals surface area contributed by atoms with Crippen molar-refractivity contribution in [1.82, 2.24) is 4.98 Å². The monoisotopic (exact) mass is 264 g/mol. The lowest BCUT2D eigenvalue weighted by molar-refractivity contribution is -0.0749. The van der Waals surface area contributed by atoms with Crippen LogP contribution in [-0.2, 0) is 4.74 Å². The van der Waals surface area contributed by atoms with E-state index in [4.69, 9.17) is 4.74 Å². The van der Waals surface area contributed by atoms with Crippen molar-refractivity contribution in [1.29, 1.82) is 0 Å². The van der Waals surface area contributed by atoms with E-state index in [9.17, 15) is 5.11 Å². The molecule has 1 aliphatic rings. The minimum Gasteiger partial charge on any atom is -0.387 e. The van der Waals surface area contributed by atoms with Crippen LogP contribution in [0.25, 0.3) is 0 Å². The van der Waals surface area contributed by atoms with Crippen LogP contribution in [0.4, 0.5) is 5.69 Å². The van der Waals surface area contributed by atoms with Gasteiger partial charge in [0.15, 0.2) is 0 Å². The first-order valence-corrected chi connectivity index (χ1v) is 6.98. The number of aliphatic hydroxyl groups excluding tert-OH is 1. The molecule has 0 radical (unpaired) electrons. The standard InChI is InChI=1S/C15H24N2O2/c1-5-14(18)13-7-6-12(8-16-13)17-9-11(2)19-15(3,4)10-17/h6-8,11,14,18H,5,9-10H2,1-4H3. The first-order chi connectivity index (χ1) is 8.91. The second kappa shape index (κ2) is 5.47. The first kappa shape index (κ1) is 14.3. The molecule has 0 spiro atoms. The maximum atomic E-state index is 9.76. The molecule has 1 N–H and O–H groups in total. The second-order valence-electron chi connectivity index (χ2n) is 5.93. The molecule has 0 aromatic carbocycles. The van der Waals surface area contributed by atoms with Gasteiger partial charge >= 0.3 is 0 Å². The molecule has 2 unspecified atom stereocenters. The topological polar surface area (TPSA) is 45.6 Å². The van der Waals surface area contributed by atoms with Crippen molar-refractivity contribution in [2.75, 3.05) is 18.0 Å². The van der Waals surface area contributed by atoms with Crippen molar-refractivity contribution in [2.24, 2.45) is 0 Å². The van der Waals surface area contributed by atoms with E-state index in [1.54, 1.807) is 0 Å². The van der Waals surface area contributed by atoms with Crippen LogP contribution in [0.5, 0.6) is 0 Å². The van der Waals surface area contributed by atoms with Gasteiger partial charge in [0.05, 0.1) is 35.4 Å². The van der Waals surface area contributed by atoms with Crippen LogP contribution >= 0.6 is 0 Å². The van der Waals surface area contributed by atoms with Crippen LogP contribution in [-0.4, -0.2) is 34.9 Å². The summed E-state index contributed by atoms with van der Waals surface area (Å²) < 4.78 is 5.90. The van der Waals surface area contributed by atoms with Crippen LogP contribution in [0.3, 0.4) is 0 Å². The molecule has 1 saturated heterocycles. The Kier molecular flexibility index (Phi) is 4.11. The molecule has 0 saturated carbocycles. The van der Waals surface area contributed by atoms with Gasteiger partial charge in [0, 0.05) is 13.1 Å². The van der Waals surface area contributed by atoms with E-state index in [2.05, 4.69) is 30.7 Å². The molecule has 1 aromatic heterocycles. The molecule has 1 fully saturated rings. The lowest BCUT2D eigenvalue weighted by Gasteiger charge is -2.42. The molecule has 19 heavy (non-hydrogen) atoms. The van der Waals surface area contributed by atoms with Crippen molar-refractivity contribution in [2.45, 2.75) is 51.9 Å². The van der Waals surface area contributed by atoms with Crippen LogP contribution in [0.15, 0.2) is 18.3 Å². The summed E-state index contributed by atoms with van der Waals surface area (Å²) >= 11 is 0. The predicted molar refractivity (Wildman–Crippen MR) is 76.3 cm³/mol. The summed E-state index contributed by atoms with van der Waals surface area (Å²) in [7, 11) is 0. The Labute approximate surface area is 115 Å². The quantitative estimate of drug-likeness (QED) is 0.911. The van der Waals surface area contributed by atoms with E-state index < -0.39 is 6.10 Å². The molecule has 2 rings (SSSR count). The van der Waals surface area contributed by atoms with Crippen molar-refractivity contribution in [3.63, 3.8) is 0 Å². The number of hydrogen-bond acceptors (Lipinski definition) is 4. The highest BCUT2D eigenvalue weighted by molar-refractivity contribution is 5.45. The highest BCUT2D eigenvalue weighted by Crippen LogP contribution is 2.26. The molecule has 1 aliphatic heterocycles. The summed E-state index contributed by atoms with van der Waals surface area (Å²) in [6, 6.07) is 3.95. The van der Waals surface area contributed by atoms with Gasteiger partial charge in [-0.25, -0.2) is 0 Å². The number of aliphatic hydroxyl groups is 1. The number of ether oxygens (including phenoxy) is 1. The number of rotatable bonds is 3. The van der Waals surface area contributed by atoms with Crippen molar-refractivity contribution in [3.05, 3.63) is 24.0 Å². The predicted octanol–water partition coefficient (Wildman–Crippen LogP) is 2.53. The Balaban J connectivity index is 2.13. The highest BCUT2D eigenvalue weighted by atomic mass is 16.5. The summed E-state index contributed by atoms with van der Waals surface area (Å²) in [6.07, 6.45) is 2.29. The van der Waals surface area contributed by atoms with E-state index in [-0.39, 0.29) is 11.7 Å². The normalized spacial score (nSPS) is 24.3. The largest absolute Gasteiger partial charge is 0.387 e. The maximum absolute atomic E-state index is 9.76. The molecule has 4 nitrogen and oxygen atoms in total. The average Bonchev–Trinajstić information content (AvgIpc) is 2.35. The number of hydrogen-bond donors (Lipinski definition) is 1. The summed E-state index contributed by atoms with van der Waals surface area (Å²) in [6.45, 7) is 10.00. The third kappa shape index (κ3) is 3.45. The molecule has 106 valence electrons. The SMILES string of the molecule is CCC(O)c1ccc(N2CC(C)OC(C)(C)C2)cn1. The number of nitrogens with zero attached hydrogens (tertiary/aromatic N) is 2. The molecule has 0 aliphatic carbocycles. The summed E-state index contributed by atoms with van der Waals surface area (Å²) in [4.78, 5) is 6.66. The van der Waals surface area contributed by atoms with Crippen molar-refractivity contribution < 1.29 is 9.84 Å². The van der Waals surface area contributed by atoms with Gasteiger partial charge < -0.3 is 14.7 Å². The third-order valence-electron chi connectivity index (χ3n) is 3.43. The number of morpholine rings is 1. The van der Waals surface area contributed by atoms with Gasteiger partial charge in [0.1, 0.15) is 0 Å². The van der Waals surface area contributed by atoms with E-state index >= 15 is 0 Å². The van der Waals surface area contributed by atoms with E-state index in [1.165, 1.54) is 0 Å². The van der Waals surface area contributed by atoms with Crippen LogP contribution in [0.2, 0.25) is 0 Å². The van der Waals surface area contributed by atoms with Gasteiger partial charge in [-0.15, -0.1) is 0 Å². The zero-order chi connectivity index (χ0) is 14.0. The smallest absolute Gasteiger partial charge is 0.0957 e. The zero-order valence-electron chi connectivity index (χ0n) is 12.3. The van der Waals surface area contributed by atoms with E-state index in [1.807, 2.05) is 25.3 Å². The molecular formula is C15H24N2O2. The Hall–Kier alpha value is -1.13. The summed E-state index contributed by atoms with van der Waals surface area (Å²) in [5.74, 6) is 0. The lowest BCUT2D eigenvalue weighted by Crippen LogP contribution is -2.52. The minimum atomic E-state index is -0.464. The molecule has 2 heterocycles. The fourth-order valence-corrected chi connectivity index (χ4v) is 2.64. The highest BCUT2D eigenvalue weighted by Gasteiger charge is 2.31. The Morgan fingerprint density at radius 3 is 2.79 bits per heavy atom. The van der Waals surface area contributed by atoms with Crippen LogP contribution in [0, 0.1) is 0 Å². The molecule has 1 aromatic rings. The molecular weight excluding hydrogens is 240 g/mol. The fourth-order valence-electron chi connectivity index (χ4n) is 2.64. The second-order valence-corrected chi connectivity index (χ2v) is 5.93. The van der Waals surface area contributed by atoms with Crippen LogP contribution in [0.1, 0.15) is 45.9 Å². The van der Waals surface area contributed by atoms with Crippen molar-refractivity contribution >= 4 is 5.69 Å². The summed E-state index contributed by atoms with van der Waals surface area (Å²) in [5, 5.41) is 9.76. The lowest BCUT2D eigenvalue weighted by atomic mass is 10.0. The Morgan fingerprint density at radius 1 is 1.53 bits per heavy atom. The molecule has 2 atom stereocenters. The average molecular weight is 264 g/mol. The van der Waals surface area contributed by atoms with Gasteiger partial charge in [0.2, 0.25) is 0 Å². The molecule has 0 amide bonds. The van der Waals surface area contributed by atoms with Crippen LogP contribution < -0.4 is 4.90 Å².